The summed E-state index contributed by atoms with van der Waals surface area (Å²) in [5.74, 6) is 1.79. The van der Waals surface area contributed by atoms with Crippen LogP contribution in [-0.4, -0.2) is 38.1 Å². The molecule has 1 aromatic heterocycles. The molecule has 0 aliphatic carbocycles. The summed E-state index contributed by atoms with van der Waals surface area (Å²) in [5.41, 5.74) is -2.72. The molecular weight excluding hydrogens is 264 g/mol. The Kier molecular flexibility index (Phi) is 3.81. The highest BCUT2D eigenvalue weighted by Crippen LogP contribution is 2.42. The number of aliphatic hydroxyl groups excluding tert-OH is 2. The first kappa shape index (κ1) is 14.5. The average Bonchev–Trinajstić information content (AvgIpc) is 2.71. The quantitative estimate of drug-likeness (QED) is 0.604. The van der Waals surface area contributed by atoms with Gasteiger partial charge in [-0.2, -0.15) is 0 Å². The highest BCUT2D eigenvalue weighted by molar-refractivity contribution is 5.17. The monoisotopic (exact) mass is 280 g/mol. The number of nitrogens with one attached hydrogen (secondary N) is 1. The van der Waals surface area contributed by atoms with Crippen LogP contribution in [0.15, 0.2) is 21.9 Å². The molecule has 2 rings (SSSR count). The Morgan fingerprint density at radius 2 is 2.30 bits per heavy atom. The summed E-state index contributed by atoms with van der Waals surface area (Å²) >= 11 is 0. The van der Waals surface area contributed by atoms with Crippen molar-refractivity contribution >= 4 is 0 Å². The molecule has 1 aromatic rings. The molecule has 20 heavy (non-hydrogen) atoms. The van der Waals surface area contributed by atoms with Crippen molar-refractivity contribution in [2.24, 2.45) is 5.92 Å². The highest BCUT2D eigenvalue weighted by atomic mass is 16.6. The fourth-order valence-corrected chi connectivity index (χ4v) is 2.49. The van der Waals surface area contributed by atoms with Gasteiger partial charge in [0.2, 0.25) is 0 Å². The Morgan fingerprint density at radius 1 is 1.60 bits per heavy atom. The van der Waals surface area contributed by atoms with E-state index in [9.17, 15) is 19.8 Å². The number of hydrogen-bond acceptors (Lipinski definition) is 5. The summed E-state index contributed by atoms with van der Waals surface area (Å²) in [7, 11) is 0. The lowest BCUT2D eigenvalue weighted by Crippen LogP contribution is -2.43. The van der Waals surface area contributed by atoms with E-state index < -0.39 is 41.7 Å². The number of aliphatic hydroxyl groups is 2. The summed E-state index contributed by atoms with van der Waals surface area (Å²) in [5, 5.41) is 19.7. The molecule has 0 bridgehead atoms. The van der Waals surface area contributed by atoms with Gasteiger partial charge in [-0.25, -0.2) is 4.79 Å². The van der Waals surface area contributed by atoms with Crippen molar-refractivity contribution in [1.29, 1.82) is 0 Å². The van der Waals surface area contributed by atoms with Gasteiger partial charge in [0.25, 0.3) is 5.56 Å². The normalized spacial score (nSPS) is 33.0. The van der Waals surface area contributed by atoms with Gasteiger partial charge in [0.1, 0.15) is 12.3 Å². The molecule has 0 unspecified atom stereocenters. The van der Waals surface area contributed by atoms with Crippen LogP contribution in [0.4, 0.5) is 0 Å². The largest absolute Gasteiger partial charge is 0.392 e. The molecule has 0 amide bonds. The molecule has 2 heterocycles. The Balaban J connectivity index is 2.49. The Hall–Kier alpha value is -1.88. The van der Waals surface area contributed by atoms with Crippen LogP contribution in [0.2, 0.25) is 0 Å². The van der Waals surface area contributed by atoms with Crippen molar-refractivity contribution in [2.45, 2.75) is 31.3 Å². The minimum absolute atomic E-state index is 0.471. The second-order valence-electron chi connectivity index (χ2n) is 4.73. The predicted octanol–water partition coefficient (Wildman–Crippen LogP) is -1.18. The van der Waals surface area contributed by atoms with Crippen molar-refractivity contribution in [3.63, 3.8) is 0 Å². The number of aromatic nitrogens is 2. The molecule has 0 spiro atoms. The zero-order chi connectivity index (χ0) is 14.9. The molecule has 0 aromatic carbocycles. The molecule has 3 N–H and O–H groups in total. The van der Waals surface area contributed by atoms with E-state index in [4.69, 9.17) is 11.2 Å². The van der Waals surface area contributed by atoms with Crippen LogP contribution in [-0.2, 0) is 4.74 Å². The third-order valence-electron chi connectivity index (χ3n) is 3.66. The van der Waals surface area contributed by atoms with Crippen molar-refractivity contribution in [1.82, 2.24) is 9.55 Å². The number of terminal acetylenes is 1. The molecule has 1 aliphatic heterocycles. The minimum Gasteiger partial charge on any atom is -0.392 e. The van der Waals surface area contributed by atoms with E-state index in [2.05, 4.69) is 10.9 Å². The lowest BCUT2D eigenvalue weighted by Gasteiger charge is -2.24. The summed E-state index contributed by atoms with van der Waals surface area (Å²) < 4.78 is 6.73. The van der Waals surface area contributed by atoms with E-state index in [0.717, 1.165) is 4.57 Å². The Labute approximate surface area is 114 Å². The van der Waals surface area contributed by atoms with Crippen molar-refractivity contribution in [3.05, 3.63) is 33.1 Å². The molecule has 7 nitrogen and oxygen atoms in total. The molecule has 1 saturated heterocycles. The second kappa shape index (κ2) is 5.25. The number of nitrogens with zero attached hydrogens (tertiary/aromatic N) is 1. The molecule has 0 saturated carbocycles. The SMILES string of the molecule is C#C[C@]1(CO)O[C@@H](n2ccc(=O)[nH]c2=O)[C@@H](CC)[C@@H]1O. The minimum atomic E-state index is -1.54. The number of ether oxygens (including phenoxy) is 1. The fraction of sp³-hybridized carbons (Fsp3) is 0.538. The van der Waals surface area contributed by atoms with Crippen molar-refractivity contribution < 1.29 is 14.9 Å². The number of rotatable bonds is 3. The average molecular weight is 280 g/mol. The van der Waals surface area contributed by atoms with Crippen LogP contribution >= 0.6 is 0 Å². The predicted molar refractivity (Wildman–Crippen MR) is 69.9 cm³/mol. The van der Waals surface area contributed by atoms with Gasteiger partial charge in [0.05, 0.1) is 6.61 Å². The maximum absolute atomic E-state index is 11.8. The maximum Gasteiger partial charge on any atom is 0.330 e. The van der Waals surface area contributed by atoms with Crippen LogP contribution in [0.5, 0.6) is 0 Å². The molecule has 108 valence electrons. The summed E-state index contributed by atoms with van der Waals surface area (Å²) in [4.78, 5) is 25.0. The molecule has 1 fully saturated rings. The van der Waals surface area contributed by atoms with E-state index in [1.807, 2.05) is 6.92 Å². The topological polar surface area (TPSA) is 105 Å². The van der Waals surface area contributed by atoms with Gasteiger partial charge in [-0.1, -0.05) is 12.8 Å². The third kappa shape index (κ3) is 2.08. The summed E-state index contributed by atoms with van der Waals surface area (Å²) in [6, 6.07) is 1.18. The van der Waals surface area contributed by atoms with Gasteiger partial charge >= 0.3 is 5.69 Å². The zero-order valence-corrected chi connectivity index (χ0v) is 10.9. The van der Waals surface area contributed by atoms with Crippen LogP contribution in [0.25, 0.3) is 0 Å². The molecule has 7 heteroatoms. The fourth-order valence-electron chi connectivity index (χ4n) is 2.49. The van der Waals surface area contributed by atoms with Crippen LogP contribution in [0, 0.1) is 18.3 Å². The Morgan fingerprint density at radius 3 is 2.80 bits per heavy atom. The van der Waals surface area contributed by atoms with Gasteiger partial charge in [0, 0.05) is 18.2 Å². The molecular formula is C13H16N2O5. The highest BCUT2D eigenvalue weighted by Gasteiger charge is 2.53. The number of hydrogen-bond donors (Lipinski definition) is 3. The number of aromatic amines is 1. The summed E-state index contributed by atoms with van der Waals surface area (Å²) in [6.07, 6.45) is 5.17. The number of H-pyrrole nitrogens is 1. The van der Waals surface area contributed by atoms with E-state index in [-0.39, 0.29) is 0 Å². The van der Waals surface area contributed by atoms with Crippen molar-refractivity contribution in [2.75, 3.05) is 6.61 Å². The van der Waals surface area contributed by atoms with Gasteiger partial charge in [0.15, 0.2) is 5.60 Å². The summed E-state index contributed by atoms with van der Waals surface area (Å²) in [6.45, 7) is 1.25. The van der Waals surface area contributed by atoms with Crippen molar-refractivity contribution in [3.8, 4) is 12.3 Å². The molecule has 0 radical (unpaired) electrons. The van der Waals surface area contributed by atoms with Crippen LogP contribution in [0.3, 0.4) is 0 Å². The second-order valence-corrected chi connectivity index (χ2v) is 4.73. The lowest BCUT2D eigenvalue weighted by atomic mass is 9.89. The molecule has 4 atom stereocenters. The lowest BCUT2D eigenvalue weighted by molar-refractivity contribution is -0.0920. The van der Waals surface area contributed by atoms with Gasteiger partial charge in [-0.15, -0.1) is 6.42 Å². The van der Waals surface area contributed by atoms with Gasteiger partial charge in [-0.05, 0) is 6.42 Å². The van der Waals surface area contributed by atoms with E-state index in [1.165, 1.54) is 12.3 Å². The van der Waals surface area contributed by atoms with Crippen LogP contribution in [0.1, 0.15) is 19.6 Å². The smallest absolute Gasteiger partial charge is 0.330 e. The van der Waals surface area contributed by atoms with E-state index in [0.29, 0.717) is 6.42 Å². The van der Waals surface area contributed by atoms with Gasteiger partial charge in [-0.3, -0.25) is 14.3 Å². The van der Waals surface area contributed by atoms with E-state index >= 15 is 0 Å². The Bertz CT molecular complexity index is 643. The maximum atomic E-state index is 11.8. The van der Waals surface area contributed by atoms with Crippen LogP contribution < -0.4 is 11.2 Å². The first-order valence-electron chi connectivity index (χ1n) is 6.25. The first-order valence-corrected chi connectivity index (χ1v) is 6.25. The molecule has 1 aliphatic rings. The van der Waals surface area contributed by atoms with E-state index in [1.54, 1.807) is 0 Å². The zero-order valence-electron chi connectivity index (χ0n) is 10.9. The third-order valence-corrected chi connectivity index (χ3v) is 3.66. The first-order chi connectivity index (χ1) is 9.49. The standard InChI is InChI=1S/C13H16N2O5/c1-3-8-10(18)13(4-2,7-16)20-11(8)15-6-5-9(17)14-12(15)19/h2,5-6,8,10-11,16,18H,3,7H2,1H3,(H,14,17,19)/t8-,10-,11+,13+/m0/s1. The van der Waals surface area contributed by atoms with Gasteiger partial charge < -0.3 is 14.9 Å².